The average molecular weight is 99.1 g/mol. The van der Waals surface area contributed by atoms with Gasteiger partial charge in [0.2, 0.25) is 0 Å². The number of hydrogen-bond acceptors (Lipinski definition) is 1. The van der Waals surface area contributed by atoms with E-state index in [1.165, 1.54) is 6.08 Å². The molecule has 0 aromatic rings. The zero-order chi connectivity index (χ0) is 5.70. The molecule has 0 saturated carbocycles. The van der Waals surface area contributed by atoms with Gasteiger partial charge in [0.15, 0.2) is 0 Å². The lowest BCUT2D eigenvalue weighted by Gasteiger charge is -1.81. The minimum Gasteiger partial charge on any atom is -0.481 e. The van der Waals surface area contributed by atoms with Crippen molar-refractivity contribution in [2.24, 2.45) is 0 Å². The first-order chi connectivity index (χ1) is 3.27. The molecule has 0 saturated heterocycles. The van der Waals surface area contributed by atoms with Crippen molar-refractivity contribution in [3.05, 3.63) is 19.1 Å². The van der Waals surface area contributed by atoms with Gasteiger partial charge in [-0.15, -0.1) is 6.58 Å². The predicted octanol–water partition coefficient (Wildman–Crippen LogP) is 0.851. The minimum atomic E-state index is -0.889. The lowest BCUT2D eigenvalue weighted by atomic mass is 10.3. The molecule has 0 spiro atoms. The van der Waals surface area contributed by atoms with Gasteiger partial charge >= 0.3 is 5.97 Å². The van der Waals surface area contributed by atoms with Crippen molar-refractivity contribution >= 4 is 5.97 Å². The van der Waals surface area contributed by atoms with Crippen molar-refractivity contribution in [3.63, 3.8) is 0 Å². The van der Waals surface area contributed by atoms with Gasteiger partial charge < -0.3 is 5.11 Å². The van der Waals surface area contributed by atoms with Crippen LogP contribution in [0.15, 0.2) is 12.7 Å². The van der Waals surface area contributed by atoms with Crippen LogP contribution in [-0.4, -0.2) is 11.1 Å². The molecular weight excluding hydrogens is 92.1 g/mol. The summed E-state index contributed by atoms with van der Waals surface area (Å²) in [5.74, 6) is -0.889. The molecule has 1 N–H and O–H groups in total. The smallest absolute Gasteiger partial charge is 0.307 e. The lowest BCUT2D eigenvalue weighted by molar-refractivity contribution is -0.133. The molecule has 0 aromatic heterocycles. The van der Waals surface area contributed by atoms with Crippen molar-refractivity contribution in [1.82, 2.24) is 0 Å². The molecule has 0 heterocycles. The van der Waals surface area contributed by atoms with Crippen LogP contribution >= 0.6 is 0 Å². The van der Waals surface area contributed by atoms with E-state index in [1.54, 1.807) is 0 Å². The van der Waals surface area contributed by atoms with Gasteiger partial charge in [0.05, 0.1) is 6.42 Å². The Hall–Kier alpha value is -0.790. The van der Waals surface area contributed by atoms with Crippen LogP contribution in [0.3, 0.4) is 0 Å². The van der Waals surface area contributed by atoms with Crippen molar-refractivity contribution in [1.29, 1.82) is 0 Å². The summed E-state index contributed by atoms with van der Waals surface area (Å²) in [5.41, 5.74) is 0. The molecule has 7 heavy (non-hydrogen) atoms. The van der Waals surface area contributed by atoms with E-state index >= 15 is 0 Å². The van der Waals surface area contributed by atoms with Gasteiger partial charge in [-0.1, -0.05) is 6.08 Å². The first-order valence-electron chi connectivity index (χ1n) is 1.94. The van der Waals surface area contributed by atoms with E-state index in [4.69, 9.17) is 5.11 Å². The molecule has 0 aliphatic heterocycles. The zero-order valence-corrected chi connectivity index (χ0v) is 3.92. The normalized spacial score (nSPS) is 8.00. The molecule has 0 fully saturated rings. The first kappa shape index (κ1) is 6.21. The number of carboxylic acid groups (broad SMARTS) is 1. The highest BCUT2D eigenvalue weighted by atomic mass is 16.4. The van der Waals surface area contributed by atoms with Crippen LogP contribution in [0.4, 0.5) is 0 Å². The van der Waals surface area contributed by atoms with E-state index in [9.17, 15) is 4.79 Å². The molecule has 39 valence electrons. The van der Waals surface area contributed by atoms with Crippen LogP contribution in [0.5, 0.6) is 0 Å². The van der Waals surface area contributed by atoms with Gasteiger partial charge in [-0.05, 0) is 6.42 Å². The summed E-state index contributed by atoms with van der Waals surface area (Å²) in [5, 5.41) is 7.94. The number of aliphatic carboxylic acids is 1. The van der Waals surface area contributed by atoms with Gasteiger partial charge in [-0.25, -0.2) is 0 Å². The Kier molecular flexibility index (Phi) is 3.02. The van der Waals surface area contributed by atoms with Gasteiger partial charge in [0.25, 0.3) is 0 Å². The minimum absolute atomic E-state index is 0.440. The van der Waals surface area contributed by atoms with Gasteiger partial charge in [0.1, 0.15) is 0 Å². The van der Waals surface area contributed by atoms with Crippen LogP contribution < -0.4 is 0 Å². The molecule has 0 bridgehead atoms. The third-order valence-corrected chi connectivity index (χ3v) is 0.459. The molecule has 0 aliphatic rings. The molecule has 0 atom stereocenters. The fraction of sp³-hybridized carbons (Fsp3) is 0.200. The predicted molar refractivity (Wildman–Crippen MR) is 26.7 cm³/mol. The quantitative estimate of drug-likeness (QED) is 0.532. The Morgan fingerprint density at radius 1 is 1.86 bits per heavy atom. The fourth-order valence-electron chi connectivity index (χ4n) is 0.184. The number of carbonyl (C=O) groups is 1. The van der Waals surface area contributed by atoms with E-state index in [0.717, 1.165) is 6.42 Å². The van der Waals surface area contributed by atoms with E-state index < -0.39 is 5.97 Å². The monoisotopic (exact) mass is 99.0 g/mol. The Balaban J connectivity index is 2.97. The summed E-state index contributed by atoms with van der Waals surface area (Å²) in [6.45, 7) is 3.34. The second-order valence-corrected chi connectivity index (χ2v) is 1.07. The Morgan fingerprint density at radius 2 is 2.43 bits per heavy atom. The SMILES string of the molecule is C=CC[CH]C(=O)O. The van der Waals surface area contributed by atoms with Gasteiger partial charge in [-0.3, -0.25) is 4.79 Å². The highest BCUT2D eigenvalue weighted by molar-refractivity contribution is 5.76. The third kappa shape index (κ3) is 5.21. The molecular formula is C5H7O2. The number of hydrogen-bond donors (Lipinski definition) is 1. The van der Waals surface area contributed by atoms with E-state index in [-0.39, 0.29) is 0 Å². The third-order valence-electron chi connectivity index (χ3n) is 0.459. The molecule has 0 unspecified atom stereocenters. The van der Waals surface area contributed by atoms with E-state index in [1.807, 2.05) is 0 Å². The maximum Gasteiger partial charge on any atom is 0.307 e. The van der Waals surface area contributed by atoms with Crippen molar-refractivity contribution in [2.45, 2.75) is 6.42 Å². The summed E-state index contributed by atoms with van der Waals surface area (Å²) in [6.07, 6.45) is 3.12. The average Bonchev–Trinajstić information content (AvgIpc) is 1.61. The Bertz CT molecular complexity index is 76.1. The molecule has 0 rings (SSSR count). The largest absolute Gasteiger partial charge is 0.481 e. The number of carboxylic acids is 1. The van der Waals surface area contributed by atoms with Crippen molar-refractivity contribution in [3.8, 4) is 0 Å². The summed E-state index contributed by atoms with van der Waals surface area (Å²) < 4.78 is 0. The highest BCUT2D eigenvalue weighted by Gasteiger charge is 1.90. The summed E-state index contributed by atoms with van der Waals surface area (Å²) in [4.78, 5) is 9.65. The van der Waals surface area contributed by atoms with Crippen LogP contribution in [0.1, 0.15) is 6.42 Å². The zero-order valence-electron chi connectivity index (χ0n) is 3.92. The topological polar surface area (TPSA) is 37.3 Å². The maximum atomic E-state index is 9.65. The summed E-state index contributed by atoms with van der Waals surface area (Å²) in [6, 6.07) is 0. The number of rotatable bonds is 3. The highest BCUT2D eigenvalue weighted by Crippen LogP contribution is 1.84. The van der Waals surface area contributed by atoms with Crippen molar-refractivity contribution in [2.75, 3.05) is 0 Å². The fourth-order valence-corrected chi connectivity index (χ4v) is 0.184. The van der Waals surface area contributed by atoms with Crippen LogP contribution in [0, 0.1) is 6.42 Å². The van der Waals surface area contributed by atoms with Gasteiger partial charge in [-0.2, -0.15) is 0 Å². The van der Waals surface area contributed by atoms with Crippen LogP contribution in [-0.2, 0) is 4.79 Å². The Morgan fingerprint density at radius 3 is 2.57 bits per heavy atom. The molecule has 1 radical (unpaired) electrons. The first-order valence-corrected chi connectivity index (χ1v) is 1.94. The molecule has 0 aliphatic carbocycles. The maximum absolute atomic E-state index is 9.65. The van der Waals surface area contributed by atoms with E-state index in [0.29, 0.717) is 6.42 Å². The van der Waals surface area contributed by atoms with E-state index in [2.05, 4.69) is 6.58 Å². The summed E-state index contributed by atoms with van der Waals surface area (Å²) in [7, 11) is 0. The molecule has 2 heteroatoms. The van der Waals surface area contributed by atoms with Gasteiger partial charge in [0, 0.05) is 0 Å². The second-order valence-electron chi connectivity index (χ2n) is 1.07. The van der Waals surface area contributed by atoms with Crippen LogP contribution in [0.25, 0.3) is 0 Å². The standard InChI is InChI=1S/C5H7O2/c1-2-3-4-5(6)7/h2,4H,1,3H2,(H,6,7). The second kappa shape index (κ2) is 3.40. The Labute approximate surface area is 42.5 Å². The van der Waals surface area contributed by atoms with Crippen molar-refractivity contribution < 1.29 is 9.90 Å². The molecule has 0 aromatic carbocycles. The lowest BCUT2D eigenvalue weighted by Crippen LogP contribution is -1.92. The molecule has 0 amide bonds. The molecule has 2 nitrogen and oxygen atoms in total. The number of allylic oxidation sites excluding steroid dienone is 1. The van der Waals surface area contributed by atoms with Crippen LogP contribution in [0.2, 0.25) is 0 Å². The summed E-state index contributed by atoms with van der Waals surface area (Å²) >= 11 is 0.